The summed E-state index contributed by atoms with van der Waals surface area (Å²) in [6.45, 7) is 7.19. The van der Waals surface area contributed by atoms with Crippen molar-refractivity contribution >= 4 is 23.5 Å². The van der Waals surface area contributed by atoms with Crippen molar-refractivity contribution in [2.24, 2.45) is 5.92 Å². The number of likely N-dealkylation sites (tertiary alicyclic amines) is 1. The van der Waals surface area contributed by atoms with Crippen LogP contribution in [0.15, 0.2) is 84.9 Å². The monoisotopic (exact) mass is 723 g/mol. The summed E-state index contributed by atoms with van der Waals surface area (Å²) < 4.78 is 28.6. The third kappa shape index (κ3) is 10.4. The van der Waals surface area contributed by atoms with Crippen LogP contribution in [0.4, 0.5) is 10.5 Å². The lowest BCUT2D eigenvalue weighted by atomic mass is 9.92. The molecule has 0 saturated carbocycles. The van der Waals surface area contributed by atoms with E-state index in [0.717, 1.165) is 18.4 Å². The summed E-state index contributed by atoms with van der Waals surface area (Å²) in [6.07, 6.45) is 1.50. The van der Waals surface area contributed by atoms with Gasteiger partial charge in [0.1, 0.15) is 28.6 Å². The molecule has 4 aromatic carbocycles. The molecule has 2 N–H and O–H groups in total. The molecule has 1 saturated heterocycles. The van der Waals surface area contributed by atoms with Gasteiger partial charge in [-0.15, -0.1) is 0 Å². The molecule has 4 aromatic rings. The second-order valence-electron chi connectivity index (χ2n) is 13.9. The van der Waals surface area contributed by atoms with Gasteiger partial charge in [-0.25, -0.2) is 4.79 Å². The first-order valence-corrected chi connectivity index (χ1v) is 17.7. The van der Waals surface area contributed by atoms with Gasteiger partial charge in [-0.1, -0.05) is 24.3 Å². The van der Waals surface area contributed by atoms with Crippen molar-refractivity contribution in [2.75, 3.05) is 52.8 Å². The molecule has 1 fully saturated rings. The molecule has 0 unspecified atom stereocenters. The van der Waals surface area contributed by atoms with Crippen LogP contribution in [0, 0.1) is 5.92 Å². The Morgan fingerprint density at radius 1 is 0.792 bits per heavy atom. The van der Waals surface area contributed by atoms with Crippen molar-refractivity contribution in [2.45, 2.75) is 45.6 Å². The van der Waals surface area contributed by atoms with Crippen molar-refractivity contribution in [1.82, 2.24) is 10.2 Å². The molecule has 0 aromatic heterocycles. The minimum Gasteiger partial charge on any atom is -0.497 e. The van der Waals surface area contributed by atoms with Crippen molar-refractivity contribution in [1.29, 1.82) is 0 Å². The van der Waals surface area contributed by atoms with E-state index < -0.39 is 5.60 Å². The third-order valence-corrected chi connectivity index (χ3v) is 8.98. The summed E-state index contributed by atoms with van der Waals surface area (Å²) in [5.74, 6) is 2.69. The van der Waals surface area contributed by atoms with Crippen LogP contribution in [0.25, 0.3) is 0 Å². The minimum atomic E-state index is -0.545. The number of hydrogen-bond acceptors (Lipinski definition) is 9. The first-order chi connectivity index (χ1) is 25.5. The second kappa shape index (κ2) is 17.7. The standard InChI is InChI=1S/C42H49N3O8/c1-42(2,3)53-41(48)45-22-20-28(21-23-45)26-44-38(46)27-43-36-19-18-34(39(47)29-12-15-31(49-4)16-13-29)35(40(36)52-32-10-8-7-9-11-32)24-30-14-17-33(50-5)25-37(30)51-6/h7-19,25,28,43H,20-24,26-27H2,1-6H3,(H,44,46). The third-order valence-electron chi connectivity index (χ3n) is 8.98. The van der Waals surface area contributed by atoms with Gasteiger partial charge in [0.05, 0.1) is 33.6 Å². The number of nitrogens with one attached hydrogen (secondary N) is 2. The van der Waals surface area contributed by atoms with Gasteiger partial charge in [-0.2, -0.15) is 0 Å². The summed E-state index contributed by atoms with van der Waals surface area (Å²) in [5.41, 5.74) is 2.34. The molecule has 5 rings (SSSR count). The zero-order valence-electron chi connectivity index (χ0n) is 31.3. The Morgan fingerprint density at radius 3 is 2.11 bits per heavy atom. The zero-order valence-corrected chi connectivity index (χ0v) is 31.3. The van der Waals surface area contributed by atoms with E-state index in [-0.39, 0.29) is 36.7 Å². The van der Waals surface area contributed by atoms with Gasteiger partial charge in [0.15, 0.2) is 11.5 Å². The van der Waals surface area contributed by atoms with Crippen LogP contribution in [-0.2, 0) is 16.0 Å². The van der Waals surface area contributed by atoms with Crippen molar-refractivity contribution < 1.29 is 38.1 Å². The molecule has 1 aliphatic heterocycles. The van der Waals surface area contributed by atoms with Crippen LogP contribution >= 0.6 is 0 Å². The fraction of sp³-hybridized carbons (Fsp3) is 0.357. The average molecular weight is 724 g/mol. The van der Waals surface area contributed by atoms with E-state index in [9.17, 15) is 14.4 Å². The van der Waals surface area contributed by atoms with E-state index in [4.69, 9.17) is 23.7 Å². The Labute approximate surface area is 311 Å². The van der Waals surface area contributed by atoms with Crippen LogP contribution in [0.1, 0.15) is 60.7 Å². The highest BCUT2D eigenvalue weighted by atomic mass is 16.6. The summed E-state index contributed by atoms with van der Waals surface area (Å²) in [4.78, 5) is 41.6. The number of anilines is 1. The molecule has 11 heteroatoms. The number of carbonyl (C=O) groups excluding carboxylic acids is 3. The van der Waals surface area contributed by atoms with E-state index in [1.165, 1.54) is 0 Å². The Hall–Kier alpha value is -5.71. The number of para-hydroxylation sites is 1. The maximum absolute atomic E-state index is 14.2. The van der Waals surface area contributed by atoms with E-state index in [2.05, 4.69) is 10.6 Å². The molecule has 0 bridgehead atoms. The highest BCUT2D eigenvalue weighted by Crippen LogP contribution is 2.39. The largest absolute Gasteiger partial charge is 0.497 e. The number of piperidine rings is 1. The molecule has 11 nitrogen and oxygen atoms in total. The number of ketones is 1. The number of ether oxygens (including phenoxy) is 5. The van der Waals surface area contributed by atoms with Crippen LogP contribution in [0.2, 0.25) is 0 Å². The molecule has 53 heavy (non-hydrogen) atoms. The fourth-order valence-electron chi connectivity index (χ4n) is 6.11. The molecule has 2 amide bonds. The maximum Gasteiger partial charge on any atom is 0.410 e. The van der Waals surface area contributed by atoms with Gasteiger partial charge in [0, 0.05) is 48.8 Å². The smallest absolute Gasteiger partial charge is 0.410 e. The van der Waals surface area contributed by atoms with Crippen LogP contribution in [0.3, 0.4) is 0 Å². The summed E-state index contributed by atoms with van der Waals surface area (Å²) >= 11 is 0. The zero-order chi connectivity index (χ0) is 38.0. The first kappa shape index (κ1) is 38.5. The quantitative estimate of drug-likeness (QED) is 0.127. The van der Waals surface area contributed by atoms with Gasteiger partial charge < -0.3 is 39.2 Å². The Morgan fingerprint density at radius 2 is 1.47 bits per heavy atom. The van der Waals surface area contributed by atoms with Crippen molar-refractivity contribution in [3.05, 3.63) is 107 Å². The van der Waals surface area contributed by atoms with E-state index in [1.54, 1.807) is 68.7 Å². The number of carbonyl (C=O) groups is 3. The maximum atomic E-state index is 14.2. The Balaban J connectivity index is 1.40. The number of rotatable bonds is 14. The van der Waals surface area contributed by atoms with Crippen molar-refractivity contribution in [3.8, 4) is 28.7 Å². The predicted molar refractivity (Wildman–Crippen MR) is 204 cm³/mol. The van der Waals surface area contributed by atoms with Crippen molar-refractivity contribution in [3.63, 3.8) is 0 Å². The lowest BCUT2D eigenvalue weighted by Gasteiger charge is -2.33. The van der Waals surface area contributed by atoms with E-state index >= 15 is 0 Å². The summed E-state index contributed by atoms with van der Waals surface area (Å²) in [6, 6.07) is 25.3. The molecular formula is C42H49N3O8. The van der Waals surface area contributed by atoms with Crippen LogP contribution in [0.5, 0.6) is 28.7 Å². The molecule has 0 atom stereocenters. The van der Waals surface area contributed by atoms with E-state index in [0.29, 0.717) is 70.8 Å². The lowest BCUT2D eigenvalue weighted by molar-refractivity contribution is -0.119. The first-order valence-electron chi connectivity index (χ1n) is 17.7. The number of nitrogens with zero attached hydrogens (tertiary/aromatic N) is 1. The number of hydrogen-bond donors (Lipinski definition) is 2. The molecule has 0 aliphatic carbocycles. The minimum absolute atomic E-state index is 0.0288. The normalized spacial score (nSPS) is 13.1. The van der Waals surface area contributed by atoms with Gasteiger partial charge in [-0.3, -0.25) is 9.59 Å². The lowest BCUT2D eigenvalue weighted by Crippen LogP contribution is -2.44. The fourth-order valence-corrected chi connectivity index (χ4v) is 6.11. The molecule has 1 aliphatic rings. The van der Waals surface area contributed by atoms with Gasteiger partial charge in [-0.05, 0) is 99.7 Å². The molecule has 1 heterocycles. The highest BCUT2D eigenvalue weighted by Gasteiger charge is 2.27. The molecular weight excluding hydrogens is 674 g/mol. The molecule has 280 valence electrons. The van der Waals surface area contributed by atoms with Crippen LogP contribution < -0.4 is 29.6 Å². The molecule has 0 spiro atoms. The van der Waals surface area contributed by atoms with Gasteiger partial charge >= 0.3 is 6.09 Å². The predicted octanol–water partition coefficient (Wildman–Crippen LogP) is 7.50. The summed E-state index contributed by atoms with van der Waals surface area (Å²) in [5, 5.41) is 6.32. The second-order valence-corrected chi connectivity index (χ2v) is 13.9. The van der Waals surface area contributed by atoms with Gasteiger partial charge in [0.25, 0.3) is 0 Å². The Bertz CT molecular complexity index is 1860. The topological polar surface area (TPSA) is 125 Å². The SMILES string of the molecule is COc1ccc(C(=O)c2ccc(NCC(=O)NCC3CCN(C(=O)OC(C)(C)C)CC3)c(Oc3ccccc3)c2Cc2ccc(OC)cc2OC)cc1. The highest BCUT2D eigenvalue weighted by molar-refractivity contribution is 6.11. The number of benzene rings is 4. The van der Waals surface area contributed by atoms with Crippen LogP contribution in [-0.4, -0.2) is 75.8 Å². The van der Waals surface area contributed by atoms with E-state index in [1.807, 2.05) is 63.2 Å². The number of amides is 2. The average Bonchev–Trinajstić information content (AvgIpc) is 3.16. The van der Waals surface area contributed by atoms with Gasteiger partial charge in [0.2, 0.25) is 5.91 Å². The molecule has 0 radical (unpaired) electrons. The number of methoxy groups -OCH3 is 3. The Kier molecular flexibility index (Phi) is 12.8. The summed E-state index contributed by atoms with van der Waals surface area (Å²) in [7, 11) is 4.75.